The summed E-state index contributed by atoms with van der Waals surface area (Å²) in [4.78, 5) is 11.8. The third kappa shape index (κ3) is 5.37. The summed E-state index contributed by atoms with van der Waals surface area (Å²) >= 11 is 0. The van der Waals surface area contributed by atoms with Crippen molar-refractivity contribution in [1.29, 1.82) is 0 Å². The van der Waals surface area contributed by atoms with E-state index >= 15 is 0 Å². The first kappa shape index (κ1) is 19.2. The van der Waals surface area contributed by atoms with E-state index in [0.29, 0.717) is 17.9 Å². The van der Waals surface area contributed by atoms with E-state index in [9.17, 15) is 9.90 Å². The van der Waals surface area contributed by atoms with Crippen LogP contribution in [0.5, 0.6) is 5.75 Å². The lowest BCUT2D eigenvalue weighted by atomic mass is 9.89. The molecule has 0 aliphatic heterocycles. The van der Waals surface area contributed by atoms with E-state index in [4.69, 9.17) is 14.6 Å². The Hall–Kier alpha value is -1.85. The molecule has 0 fully saturated rings. The Kier molecular flexibility index (Phi) is 7.78. The van der Waals surface area contributed by atoms with Crippen LogP contribution in [-0.4, -0.2) is 36.0 Å². The average Bonchev–Trinajstić information content (AvgIpc) is 2.58. The van der Waals surface area contributed by atoms with E-state index in [1.807, 2.05) is 13.8 Å². The monoisotopic (exact) mass is 322 g/mol. The lowest BCUT2D eigenvalue weighted by Crippen LogP contribution is -2.15. The Bertz CT molecular complexity index is 533. The second-order valence-electron chi connectivity index (χ2n) is 5.40. The second kappa shape index (κ2) is 9.33. The molecule has 0 heterocycles. The van der Waals surface area contributed by atoms with Crippen molar-refractivity contribution in [2.24, 2.45) is 5.92 Å². The van der Waals surface area contributed by atoms with Crippen LogP contribution in [0.4, 0.5) is 0 Å². The van der Waals surface area contributed by atoms with Crippen molar-refractivity contribution in [3.63, 3.8) is 0 Å². The highest BCUT2D eigenvalue weighted by molar-refractivity contribution is 5.88. The van der Waals surface area contributed by atoms with Gasteiger partial charge in [-0.25, -0.2) is 4.79 Å². The van der Waals surface area contributed by atoms with Gasteiger partial charge in [0.25, 0.3) is 0 Å². The zero-order valence-corrected chi connectivity index (χ0v) is 14.2. The van der Waals surface area contributed by atoms with Gasteiger partial charge in [-0.3, -0.25) is 0 Å². The topological polar surface area (TPSA) is 76.0 Å². The number of hydrogen-bond donors (Lipinski definition) is 2. The molecule has 0 aromatic heterocycles. The Morgan fingerprint density at radius 2 is 1.83 bits per heavy atom. The van der Waals surface area contributed by atoms with E-state index in [1.165, 1.54) is 0 Å². The summed E-state index contributed by atoms with van der Waals surface area (Å²) in [6.45, 7) is 7.70. The summed E-state index contributed by atoms with van der Waals surface area (Å²) in [5.41, 5.74) is 2.07. The minimum Gasteiger partial charge on any atom is -0.491 e. The van der Waals surface area contributed by atoms with Crippen LogP contribution in [0.1, 0.15) is 39.4 Å². The molecule has 0 saturated carbocycles. The third-order valence-electron chi connectivity index (χ3n) is 3.91. The average molecular weight is 322 g/mol. The number of carbonyl (C=O) groups excluding carboxylic acids is 1. The van der Waals surface area contributed by atoms with Crippen LogP contribution in [0.25, 0.3) is 0 Å². The lowest BCUT2D eigenvalue weighted by molar-refractivity contribution is -0.138. The van der Waals surface area contributed by atoms with Crippen LogP contribution >= 0.6 is 0 Å². The van der Waals surface area contributed by atoms with E-state index < -0.39 is 6.10 Å². The number of aliphatic hydroxyl groups is 2. The highest BCUT2D eigenvalue weighted by Crippen LogP contribution is 2.30. The van der Waals surface area contributed by atoms with Gasteiger partial charge in [-0.1, -0.05) is 24.6 Å². The van der Waals surface area contributed by atoms with Crippen molar-refractivity contribution in [3.8, 4) is 5.75 Å². The maximum absolute atomic E-state index is 11.8. The first-order valence-electron chi connectivity index (χ1n) is 7.78. The number of hydrogen-bond acceptors (Lipinski definition) is 5. The number of ether oxygens (including phenoxy) is 2. The van der Waals surface area contributed by atoms with Gasteiger partial charge in [0.1, 0.15) is 12.4 Å². The molecule has 1 aromatic rings. The summed E-state index contributed by atoms with van der Waals surface area (Å²) in [6.07, 6.45) is -0.730. The number of rotatable bonds is 8. The number of aliphatic hydroxyl groups excluding tert-OH is 2. The zero-order chi connectivity index (χ0) is 17.4. The quantitative estimate of drug-likeness (QED) is 0.568. The largest absolute Gasteiger partial charge is 0.491 e. The fourth-order valence-corrected chi connectivity index (χ4v) is 2.19. The molecule has 0 bridgehead atoms. The van der Waals surface area contributed by atoms with E-state index in [2.05, 4.69) is 0 Å². The van der Waals surface area contributed by atoms with Crippen molar-refractivity contribution in [1.82, 2.24) is 0 Å². The van der Waals surface area contributed by atoms with Gasteiger partial charge < -0.3 is 19.7 Å². The normalized spacial score (nSPS) is 14.7. The van der Waals surface area contributed by atoms with Gasteiger partial charge in [-0.15, -0.1) is 0 Å². The molecule has 0 radical (unpaired) electrons. The van der Waals surface area contributed by atoms with Crippen LogP contribution in [0.3, 0.4) is 0 Å². The Balaban J connectivity index is 2.84. The van der Waals surface area contributed by atoms with Crippen LogP contribution in [-0.2, 0) is 9.53 Å². The van der Waals surface area contributed by atoms with Crippen molar-refractivity contribution in [3.05, 3.63) is 41.0 Å². The molecule has 1 aromatic carbocycles. The van der Waals surface area contributed by atoms with E-state index in [0.717, 1.165) is 11.1 Å². The maximum Gasteiger partial charge on any atom is 0.333 e. The van der Waals surface area contributed by atoms with Crippen molar-refractivity contribution < 1.29 is 24.5 Å². The molecule has 23 heavy (non-hydrogen) atoms. The molecule has 0 saturated heterocycles. The van der Waals surface area contributed by atoms with Crippen molar-refractivity contribution in [2.45, 2.75) is 33.8 Å². The van der Waals surface area contributed by atoms with E-state index in [-0.39, 0.29) is 25.1 Å². The number of benzene rings is 1. The lowest BCUT2D eigenvalue weighted by Gasteiger charge is -2.22. The Morgan fingerprint density at radius 1 is 1.22 bits per heavy atom. The van der Waals surface area contributed by atoms with Gasteiger partial charge in [-0.05, 0) is 38.5 Å². The fraction of sp³-hybridized carbons (Fsp3) is 0.500. The summed E-state index contributed by atoms with van der Waals surface area (Å²) in [6, 6.07) is 7.05. The molecule has 1 rings (SSSR count). The minimum atomic E-state index is -0.730. The van der Waals surface area contributed by atoms with Crippen LogP contribution in [0.2, 0.25) is 0 Å². The van der Waals surface area contributed by atoms with Gasteiger partial charge in [0.2, 0.25) is 0 Å². The van der Waals surface area contributed by atoms with Crippen molar-refractivity contribution >= 4 is 5.97 Å². The molecular formula is C18H26O5. The van der Waals surface area contributed by atoms with Gasteiger partial charge in [-0.2, -0.15) is 0 Å². The Labute approximate surface area is 137 Å². The predicted octanol–water partition coefficient (Wildman–Crippen LogP) is 2.63. The zero-order valence-electron chi connectivity index (χ0n) is 14.2. The maximum atomic E-state index is 11.8. The summed E-state index contributed by atoms with van der Waals surface area (Å²) in [7, 11) is 0. The highest BCUT2D eigenvalue weighted by atomic mass is 16.5. The summed E-state index contributed by atoms with van der Waals surface area (Å²) in [5, 5.41) is 19.3. The molecule has 2 N–H and O–H groups in total. The van der Waals surface area contributed by atoms with Crippen molar-refractivity contribution in [2.75, 3.05) is 19.8 Å². The van der Waals surface area contributed by atoms with Crippen LogP contribution in [0, 0.1) is 5.92 Å². The molecule has 2 atom stereocenters. The molecule has 128 valence electrons. The van der Waals surface area contributed by atoms with E-state index in [1.54, 1.807) is 38.1 Å². The first-order chi connectivity index (χ1) is 10.9. The molecule has 5 nitrogen and oxygen atoms in total. The number of carbonyl (C=O) groups is 1. The van der Waals surface area contributed by atoms with Gasteiger partial charge >= 0.3 is 5.97 Å². The second-order valence-corrected chi connectivity index (χ2v) is 5.40. The summed E-state index contributed by atoms with van der Waals surface area (Å²) in [5.74, 6) is 0.0676. The van der Waals surface area contributed by atoms with Crippen LogP contribution < -0.4 is 4.74 Å². The number of esters is 1. The SMILES string of the molecule is CCOC(=O)/C(C)=C(\C)[C@@H](C)[C@@H](O)c1ccc(OCCO)cc1. The molecular weight excluding hydrogens is 296 g/mol. The highest BCUT2D eigenvalue weighted by Gasteiger charge is 2.21. The van der Waals surface area contributed by atoms with Gasteiger partial charge in [0, 0.05) is 11.5 Å². The molecule has 0 aliphatic rings. The molecule has 5 heteroatoms. The Morgan fingerprint density at radius 3 is 2.35 bits per heavy atom. The predicted molar refractivity (Wildman–Crippen MR) is 88.2 cm³/mol. The fourth-order valence-electron chi connectivity index (χ4n) is 2.19. The van der Waals surface area contributed by atoms with Crippen LogP contribution in [0.15, 0.2) is 35.4 Å². The first-order valence-corrected chi connectivity index (χ1v) is 7.78. The molecule has 0 unspecified atom stereocenters. The standard InChI is InChI=1S/C18H26O5/c1-5-22-18(21)14(4)12(2)13(3)17(20)15-6-8-16(9-7-15)23-11-10-19/h6-9,13,17,19-20H,5,10-11H2,1-4H3/b14-12+/t13-,17-/m1/s1. The summed E-state index contributed by atoms with van der Waals surface area (Å²) < 4.78 is 10.3. The van der Waals surface area contributed by atoms with Gasteiger partial charge in [0.05, 0.1) is 19.3 Å². The molecule has 0 aliphatic carbocycles. The van der Waals surface area contributed by atoms with Gasteiger partial charge in [0.15, 0.2) is 0 Å². The smallest absolute Gasteiger partial charge is 0.333 e. The minimum absolute atomic E-state index is 0.0431. The third-order valence-corrected chi connectivity index (χ3v) is 3.91. The molecule has 0 amide bonds. The molecule has 0 spiro atoms.